The molecule has 110 valence electrons. The fourth-order valence-electron chi connectivity index (χ4n) is 2.71. The number of benzene rings is 1. The molecule has 21 heavy (non-hydrogen) atoms. The molecule has 0 fully saturated rings. The predicted molar refractivity (Wildman–Crippen MR) is 80.1 cm³/mol. The number of nitrogens with zero attached hydrogens (tertiary/aromatic N) is 1. The van der Waals surface area contributed by atoms with E-state index in [1.54, 1.807) is 6.92 Å². The second-order valence-electron chi connectivity index (χ2n) is 5.10. The minimum absolute atomic E-state index is 0.0617. The molecule has 0 bridgehead atoms. The third-order valence-corrected chi connectivity index (χ3v) is 3.74. The Morgan fingerprint density at radius 1 is 1.52 bits per heavy atom. The van der Waals surface area contributed by atoms with Crippen LogP contribution in [0.25, 0.3) is 0 Å². The highest BCUT2D eigenvalue weighted by Crippen LogP contribution is 2.38. The molecule has 0 spiro atoms. The highest BCUT2D eigenvalue weighted by Gasteiger charge is 2.34. The van der Waals surface area contributed by atoms with Gasteiger partial charge in [-0.05, 0) is 18.6 Å². The molecule has 2 rings (SSSR count). The second-order valence-corrected chi connectivity index (χ2v) is 5.10. The standard InChI is InChI=1S/C16H18N2O3/c1-3-8-17-16(21)11(2)18-10-12(9-15(19)20)13-6-4-5-7-14(13)18/h1,4-7,11-12H,8-10H2,2H3,(H,17,21)(H,19,20). The van der Waals surface area contributed by atoms with Crippen LogP contribution in [0.2, 0.25) is 0 Å². The van der Waals surface area contributed by atoms with Gasteiger partial charge in [0.1, 0.15) is 6.04 Å². The molecular formula is C16H18N2O3. The zero-order valence-corrected chi connectivity index (χ0v) is 11.9. The summed E-state index contributed by atoms with van der Waals surface area (Å²) in [6, 6.07) is 7.23. The van der Waals surface area contributed by atoms with Gasteiger partial charge in [-0.2, -0.15) is 0 Å². The Bertz CT molecular complexity index is 591. The normalized spacial score (nSPS) is 17.7. The van der Waals surface area contributed by atoms with E-state index in [0.29, 0.717) is 6.54 Å². The van der Waals surface area contributed by atoms with Crippen LogP contribution in [-0.2, 0) is 9.59 Å². The number of carboxylic acids is 1. The van der Waals surface area contributed by atoms with Crippen LogP contribution in [0, 0.1) is 12.3 Å². The topological polar surface area (TPSA) is 69.6 Å². The lowest BCUT2D eigenvalue weighted by molar-refractivity contribution is -0.137. The first-order valence-electron chi connectivity index (χ1n) is 6.83. The van der Waals surface area contributed by atoms with Crippen molar-refractivity contribution in [2.75, 3.05) is 18.0 Å². The largest absolute Gasteiger partial charge is 0.481 e. The molecule has 5 nitrogen and oxygen atoms in total. The van der Waals surface area contributed by atoms with Crippen molar-refractivity contribution in [3.63, 3.8) is 0 Å². The predicted octanol–water partition coefficient (Wildman–Crippen LogP) is 1.20. The zero-order valence-electron chi connectivity index (χ0n) is 11.9. The Labute approximate surface area is 124 Å². The molecule has 0 aromatic heterocycles. The summed E-state index contributed by atoms with van der Waals surface area (Å²) >= 11 is 0. The van der Waals surface area contributed by atoms with E-state index in [2.05, 4.69) is 11.2 Å². The Morgan fingerprint density at radius 2 is 2.24 bits per heavy atom. The van der Waals surface area contributed by atoms with Crippen molar-refractivity contribution in [3.05, 3.63) is 29.8 Å². The van der Waals surface area contributed by atoms with E-state index in [4.69, 9.17) is 11.5 Å². The summed E-state index contributed by atoms with van der Waals surface area (Å²) in [6.07, 6.45) is 5.20. The van der Waals surface area contributed by atoms with Gasteiger partial charge in [-0.15, -0.1) is 6.42 Å². The summed E-state index contributed by atoms with van der Waals surface area (Å²) in [5, 5.41) is 11.7. The minimum Gasteiger partial charge on any atom is -0.481 e. The number of carboxylic acid groups (broad SMARTS) is 1. The number of amides is 1. The van der Waals surface area contributed by atoms with Crippen molar-refractivity contribution < 1.29 is 14.7 Å². The van der Waals surface area contributed by atoms with Crippen LogP contribution in [0.5, 0.6) is 0 Å². The number of hydrogen-bond donors (Lipinski definition) is 2. The molecule has 1 heterocycles. The third kappa shape index (κ3) is 3.16. The molecule has 1 amide bonds. The first-order chi connectivity index (χ1) is 10.0. The van der Waals surface area contributed by atoms with Crippen LogP contribution in [-0.4, -0.2) is 36.1 Å². The molecule has 2 N–H and O–H groups in total. The Kier molecular flexibility index (Phi) is 4.49. The van der Waals surface area contributed by atoms with Gasteiger partial charge in [-0.3, -0.25) is 9.59 Å². The number of para-hydroxylation sites is 1. The van der Waals surface area contributed by atoms with Gasteiger partial charge in [0, 0.05) is 18.2 Å². The van der Waals surface area contributed by atoms with E-state index >= 15 is 0 Å². The molecule has 1 aliphatic rings. The molecule has 5 heteroatoms. The highest BCUT2D eigenvalue weighted by molar-refractivity contribution is 5.86. The number of carbonyl (C=O) groups is 2. The SMILES string of the molecule is C#CCNC(=O)C(C)N1CC(CC(=O)O)c2ccccc21. The van der Waals surface area contributed by atoms with Crippen molar-refractivity contribution >= 4 is 17.6 Å². The maximum absolute atomic E-state index is 12.1. The van der Waals surface area contributed by atoms with Crippen LogP contribution in [0.4, 0.5) is 5.69 Å². The van der Waals surface area contributed by atoms with Crippen LogP contribution in [0.1, 0.15) is 24.8 Å². The van der Waals surface area contributed by atoms with Crippen LogP contribution < -0.4 is 10.2 Å². The zero-order chi connectivity index (χ0) is 15.4. The lowest BCUT2D eigenvalue weighted by Crippen LogP contribution is -2.45. The molecule has 1 aromatic carbocycles. The van der Waals surface area contributed by atoms with Crippen molar-refractivity contribution in [3.8, 4) is 12.3 Å². The summed E-state index contributed by atoms with van der Waals surface area (Å²) in [5.41, 5.74) is 1.91. The summed E-state index contributed by atoms with van der Waals surface area (Å²) in [6.45, 7) is 2.51. The molecule has 0 radical (unpaired) electrons. The van der Waals surface area contributed by atoms with Gasteiger partial charge in [0.25, 0.3) is 0 Å². The van der Waals surface area contributed by atoms with Crippen LogP contribution in [0.3, 0.4) is 0 Å². The monoisotopic (exact) mass is 286 g/mol. The highest BCUT2D eigenvalue weighted by atomic mass is 16.4. The number of terminal acetylenes is 1. The molecular weight excluding hydrogens is 268 g/mol. The average molecular weight is 286 g/mol. The van der Waals surface area contributed by atoms with E-state index in [1.165, 1.54) is 0 Å². The van der Waals surface area contributed by atoms with E-state index in [-0.39, 0.29) is 24.8 Å². The number of rotatable bonds is 5. The number of fused-ring (bicyclic) bond motifs is 1. The summed E-state index contributed by atoms with van der Waals surface area (Å²) in [4.78, 5) is 25.0. The molecule has 2 unspecified atom stereocenters. The first-order valence-corrected chi connectivity index (χ1v) is 6.83. The van der Waals surface area contributed by atoms with Gasteiger partial charge in [-0.25, -0.2) is 0 Å². The Hall–Kier alpha value is -2.48. The lowest BCUT2D eigenvalue weighted by Gasteiger charge is -2.26. The number of nitrogens with one attached hydrogen (secondary N) is 1. The van der Waals surface area contributed by atoms with Crippen molar-refractivity contribution in [2.24, 2.45) is 0 Å². The van der Waals surface area contributed by atoms with Crippen molar-refractivity contribution in [1.82, 2.24) is 5.32 Å². The molecule has 2 atom stereocenters. The van der Waals surface area contributed by atoms with Crippen LogP contribution >= 0.6 is 0 Å². The maximum atomic E-state index is 12.1. The molecule has 0 saturated carbocycles. The Balaban J connectivity index is 2.20. The summed E-state index contributed by atoms with van der Waals surface area (Å²) in [7, 11) is 0. The number of aliphatic carboxylic acids is 1. The maximum Gasteiger partial charge on any atom is 0.304 e. The van der Waals surface area contributed by atoms with Crippen molar-refractivity contribution in [2.45, 2.75) is 25.3 Å². The fraction of sp³-hybridized carbons (Fsp3) is 0.375. The molecule has 0 aliphatic carbocycles. The smallest absolute Gasteiger partial charge is 0.304 e. The van der Waals surface area contributed by atoms with Gasteiger partial charge in [0.2, 0.25) is 5.91 Å². The number of carbonyl (C=O) groups excluding carboxylic acids is 1. The Morgan fingerprint density at radius 3 is 2.90 bits per heavy atom. The fourth-order valence-corrected chi connectivity index (χ4v) is 2.71. The van der Waals surface area contributed by atoms with E-state index in [0.717, 1.165) is 11.3 Å². The lowest BCUT2D eigenvalue weighted by atomic mass is 9.98. The number of anilines is 1. The minimum atomic E-state index is -0.832. The van der Waals surface area contributed by atoms with Gasteiger partial charge in [0.15, 0.2) is 0 Å². The second kappa shape index (κ2) is 6.31. The summed E-state index contributed by atoms with van der Waals surface area (Å²) < 4.78 is 0. The van der Waals surface area contributed by atoms with E-state index in [1.807, 2.05) is 29.2 Å². The quantitative estimate of drug-likeness (QED) is 0.798. The van der Waals surface area contributed by atoms with E-state index in [9.17, 15) is 9.59 Å². The van der Waals surface area contributed by atoms with E-state index < -0.39 is 12.0 Å². The molecule has 0 saturated heterocycles. The van der Waals surface area contributed by atoms with Gasteiger partial charge >= 0.3 is 5.97 Å². The van der Waals surface area contributed by atoms with Crippen LogP contribution in [0.15, 0.2) is 24.3 Å². The van der Waals surface area contributed by atoms with Gasteiger partial charge in [0.05, 0.1) is 13.0 Å². The van der Waals surface area contributed by atoms with Gasteiger partial charge in [-0.1, -0.05) is 24.1 Å². The molecule has 1 aromatic rings. The first kappa shape index (κ1) is 14.9. The number of hydrogen-bond acceptors (Lipinski definition) is 3. The van der Waals surface area contributed by atoms with Gasteiger partial charge < -0.3 is 15.3 Å². The summed E-state index contributed by atoms with van der Waals surface area (Å²) in [5.74, 6) is 1.29. The third-order valence-electron chi connectivity index (χ3n) is 3.74. The van der Waals surface area contributed by atoms with Crippen molar-refractivity contribution in [1.29, 1.82) is 0 Å². The molecule has 1 aliphatic heterocycles. The average Bonchev–Trinajstić information content (AvgIpc) is 2.82.